The van der Waals surface area contributed by atoms with Crippen molar-refractivity contribution in [3.8, 4) is 0 Å². The first-order valence-corrected chi connectivity index (χ1v) is 8.03. The van der Waals surface area contributed by atoms with Gasteiger partial charge < -0.3 is 5.32 Å². The van der Waals surface area contributed by atoms with Crippen LogP contribution in [0.15, 0.2) is 27.1 Å². The molecule has 24 heavy (non-hydrogen) atoms. The van der Waals surface area contributed by atoms with E-state index in [9.17, 15) is 23.7 Å². The van der Waals surface area contributed by atoms with E-state index in [-0.39, 0.29) is 12.2 Å². The highest BCUT2D eigenvalue weighted by molar-refractivity contribution is 9.11. The monoisotopic (exact) mass is 466 g/mol. The molecule has 1 amide bonds. The Hall–Kier alpha value is -1.88. The number of anilines is 1. The summed E-state index contributed by atoms with van der Waals surface area (Å²) in [5.74, 6) is -0.516. The normalized spacial score (nSPS) is 10.9. The van der Waals surface area contributed by atoms with Gasteiger partial charge in [0.2, 0.25) is 5.91 Å². The van der Waals surface area contributed by atoms with Gasteiger partial charge in [-0.1, -0.05) is 0 Å². The molecule has 0 saturated carbocycles. The highest BCUT2D eigenvalue weighted by atomic mass is 79.9. The van der Waals surface area contributed by atoms with Crippen molar-refractivity contribution >= 4 is 49.1 Å². The van der Waals surface area contributed by atoms with Crippen molar-refractivity contribution in [3.63, 3.8) is 0 Å². The van der Waals surface area contributed by atoms with Crippen LogP contribution < -0.4 is 5.32 Å². The topological polar surface area (TPSA) is 90.1 Å². The summed E-state index contributed by atoms with van der Waals surface area (Å²) in [6, 6.07) is 3.69. The molecule has 0 atom stereocenters. The number of aryl methyl sites for hydroxylation is 1. The smallest absolute Gasteiger partial charge is 0.282 e. The molecule has 1 N–H and O–H groups in total. The van der Waals surface area contributed by atoms with Crippen molar-refractivity contribution in [3.05, 3.63) is 48.6 Å². The average Bonchev–Trinajstić information content (AvgIpc) is 2.84. The third-order valence-electron chi connectivity index (χ3n) is 3.02. The van der Waals surface area contributed by atoms with Crippen molar-refractivity contribution in [1.29, 1.82) is 0 Å². The van der Waals surface area contributed by atoms with Gasteiger partial charge in [0.1, 0.15) is 12.2 Å². The third kappa shape index (κ3) is 4.15. The first-order chi connectivity index (χ1) is 11.2. The molecule has 2 rings (SSSR count). The van der Waals surface area contributed by atoms with Crippen LogP contribution in [-0.4, -0.2) is 20.6 Å². The summed E-state index contributed by atoms with van der Waals surface area (Å²) >= 11 is 6.29. The zero-order chi connectivity index (χ0) is 18.0. The molecule has 0 unspecified atom stereocenters. The maximum absolute atomic E-state index is 12.6. The molecule has 11 heteroatoms. The van der Waals surface area contributed by atoms with Crippen LogP contribution in [0, 0.1) is 17.0 Å². The van der Waals surface area contributed by atoms with Gasteiger partial charge in [0.15, 0.2) is 0 Å². The zero-order valence-corrected chi connectivity index (χ0v) is 15.3. The fourth-order valence-corrected chi connectivity index (χ4v) is 3.26. The van der Waals surface area contributed by atoms with Gasteiger partial charge in [0.25, 0.3) is 12.1 Å². The second-order valence-electron chi connectivity index (χ2n) is 4.76. The summed E-state index contributed by atoms with van der Waals surface area (Å²) in [6.07, 6.45) is -2.72. The summed E-state index contributed by atoms with van der Waals surface area (Å²) < 4.78 is 27.0. The van der Waals surface area contributed by atoms with Crippen molar-refractivity contribution < 1.29 is 18.5 Å². The molecule has 1 aromatic carbocycles. The van der Waals surface area contributed by atoms with Crippen molar-refractivity contribution in [2.24, 2.45) is 0 Å². The maximum atomic E-state index is 12.6. The number of rotatable bonds is 5. The first kappa shape index (κ1) is 18.5. The Kier molecular flexibility index (Phi) is 5.65. The second kappa shape index (κ2) is 7.34. The number of aromatic nitrogens is 2. The SMILES string of the molecule is Cc1cc(C(F)F)nn1CC(=O)Nc1c(Br)cc([N+](=O)[O-])cc1Br. The highest BCUT2D eigenvalue weighted by Crippen LogP contribution is 2.35. The number of hydrogen-bond acceptors (Lipinski definition) is 4. The summed E-state index contributed by atoms with van der Waals surface area (Å²) in [5.41, 5.74) is 0.154. The first-order valence-electron chi connectivity index (χ1n) is 6.45. The standard InChI is InChI=1S/C13H10Br2F2N4O3/c1-6-2-10(13(16)17)19-20(6)5-11(22)18-12-8(14)3-7(21(23)24)4-9(12)15/h2-4,13H,5H2,1H3,(H,18,22). The average molecular weight is 468 g/mol. The number of benzene rings is 1. The number of hydrogen-bond donors (Lipinski definition) is 1. The number of nitro benzene ring substituents is 1. The molecule has 0 aliphatic heterocycles. The zero-order valence-electron chi connectivity index (χ0n) is 12.1. The summed E-state index contributed by atoms with van der Waals surface area (Å²) in [4.78, 5) is 22.3. The van der Waals surface area contributed by atoms with Gasteiger partial charge in [-0.3, -0.25) is 19.6 Å². The molecule has 128 valence electrons. The lowest BCUT2D eigenvalue weighted by molar-refractivity contribution is -0.385. The minimum Gasteiger partial charge on any atom is -0.323 e. The van der Waals surface area contributed by atoms with Crippen molar-refractivity contribution in [2.45, 2.75) is 19.9 Å². The van der Waals surface area contributed by atoms with Gasteiger partial charge in [-0.05, 0) is 44.8 Å². The fraction of sp³-hybridized carbons (Fsp3) is 0.231. The Morgan fingerprint density at radius 2 is 1.96 bits per heavy atom. The molecule has 0 saturated heterocycles. The van der Waals surface area contributed by atoms with Crippen LogP contribution >= 0.6 is 31.9 Å². The molecule has 2 aromatic rings. The van der Waals surface area contributed by atoms with Crippen LogP contribution in [0.5, 0.6) is 0 Å². The maximum Gasteiger partial charge on any atom is 0.282 e. The molecule has 1 heterocycles. The van der Waals surface area contributed by atoms with Crippen LogP contribution in [-0.2, 0) is 11.3 Å². The van der Waals surface area contributed by atoms with E-state index < -0.39 is 22.9 Å². The Bertz CT molecular complexity index is 788. The number of amides is 1. The Morgan fingerprint density at radius 1 is 1.38 bits per heavy atom. The van der Waals surface area contributed by atoms with E-state index in [1.165, 1.54) is 18.2 Å². The number of carbonyl (C=O) groups is 1. The quantitative estimate of drug-likeness (QED) is 0.527. The Morgan fingerprint density at radius 3 is 2.42 bits per heavy atom. The molecule has 0 bridgehead atoms. The van der Waals surface area contributed by atoms with Crippen LogP contribution in [0.4, 0.5) is 20.2 Å². The highest BCUT2D eigenvalue weighted by Gasteiger charge is 2.18. The summed E-state index contributed by atoms with van der Waals surface area (Å²) in [7, 11) is 0. The lowest BCUT2D eigenvalue weighted by atomic mass is 10.3. The number of halogens is 4. The third-order valence-corrected chi connectivity index (χ3v) is 4.27. The van der Waals surface area contributed by atoms with Gasteiger partial charge in [-0.25, -0.2) is 8.78 Å². The molecule has 0 aliphatic carbocycles. The Labute approximate surface area is 151 Å². The molecule has 1 aromatic heterocycles. The number of nitro groups is 1. The molecule has 0 fully saturated rings. The van der Waals surface area contributed by atoms with E-state index in [1.54, 1.807) is 6.92 Å². The number of alkyl halides is 2. The molecule has 7 nitrogen and oxygen atoms in total. The second-order valence-corrected chi connectivity index (χ2v) is 6.47. The fourth-order valence-electron chi connectivity index (χ4n) is 1.90. The molecular weight excluding hydrogens is 458 g/mol. The lowest BCUT2D eigenvalue weighted by Gasteiger charge is -2.10. The lowest BCUT2D eigenvalue weighted by Crippen LogP contribution is -2.21. The minimum atomic E-state index is -2.72. The number of carbonyl (C=O) groups excluding carboxylic acids is 1. The molecule has 0 spiro atoms. The molecule has 0 aliphatic rings. The molecule has 0 radical (unpaired) electrons. The van der Waals surface area contributed by atoms with E-state index in [0.29, 0.717) is 20.3 Å². The van der Waals surface area contributed by atoms with Gasteiger partial charge in [0, 0.05) is 26.8 Å². The van der Waals surface area contributed by atoms with E-state index in [2.05, 4.69) is 42.3 Å². The summed E-state index contributed by atoms with van der Waals surface area (Å²) in [6.45, 7) is 1.29. The Balaban J connectivity index is 2.17. The van der Waals surface area contributed by atoms with E-state index >= 15 is 0 Å². The van der Waals surface area contributed by atoms with E-state index in [0.717, 1.165) is 4.68 Å². The van der Waals surface area contributed by atoms with Gasteiger partial charge in [0.05, 0.1) is 10.6 Å². The van der Waals surface area contributed by atoms with Gasteiger partial charge >= 0.3 is 0 Å². The van der Waals surface area contributed by atoms with Crippen molar-refractivity contribution in [1.82, 2.24) is 9.78 Å². The van der Waals surface area contributed by atoms with E-state index in [1.807, 2.05) is 0 Å². The predicted molar refractivity (Wildman–Crippen MR) is 89.0 cm³/mol. The number of nitrogens with one attached hydrogen (secondary N) is 1. The number of non-ortho nitro benzene ring substituents is 1. The van der Waals surface area contributed by atoms with E-state index in [4.69, 9.17) is 0 Å². The van der Waals surface area contributed by atoms with Gasteiger partial charge in [-0.2, -0.15) is 5.10 Å². The molecular formula is C13H10Br2F2N4O3. The van der Waals surface area contributed by atoms with Gasteiger partial charge in [-0.15, -0.1) is 0 Å². The predicted octanol–water partition coefficient (Wildman–Crippen LogP) is 4.20. The van der Waals surface area contributed by atoms with Crippen LogP contribution in [0.2, 0.25) is 0 Å². The van der Waals surface area contributed by atoms with Crippen LogP contribution in [0.1, 0.15) is 17.8 Å². The minimum absolute atomic E-state index is 0.156. The number of nitrogens with zero attached hydrogens (tertiary/aromatic N) is 3. The largest absolute Gasteiger partial charge is 0.323 e. The van der Waals surface area contributed by atoms with Crippen LogP contribution in [0.3, 0.4) is 0 Å². The summed E-state index contributed by atoms with van der Waals surface area (Å²) in [5, 5.41) is 17.0. The van der Waals surface area contributed by atoms with Crippen LogP contribution in [0.25, 0.3) is 0 Å². The van der Waals surface area contributed by atoms with Crippen molar-refractivity contribution in [2.75, 3.05) is 5.32 Å².